The minimum Gasteiger partial charge on any atom is -0.396 e. The molecule has 0 amide bonds. The molecule has 0 spiro atoms. The summed E-state index contributed by atoms with van der Waals surface area (Å²) in [5.74, 6) is -0.417. The Morgan fingerprint density at radius 2 is 1.81 bits per heavy atom. The Bertz CT molecular complexity index is 514. The van der Waals surface area contributed by atoms with Gasteiger partial charge in [0.1, 0.15) is 5.82 Å². The summed E-state index contributed by atoms with van der Waals surface area (Å²) < 4.78 is 14.2. The topological polar surface area (TPSA) is 38.0 Å². The van der Waals surface area contributed by atoms with Gasteiger partial charge in [-0.1, -0.05) is 22.0 Å². The number of hydrogen-bond donors (Lipinski definition) is 2. The standard InChI is InChI=1S/C12H10BrFN2/c13-8-2-1-3-9(6-8)16-10-4-5-12(15)11(14)7-10/h1-7,16H,15H2. The highest BCUT2D eigenvalue weighted by atomic mass is 79.9. The van der Waals surface area contributed by atoms with Crippen molar-refractivity contribution in [2.45, 2.75) is 0 Å². The van der Waals surface area contributed by atoms with Crippen LogP contribution in [-0.2, 0) is 0 Å². The molecule has 0 fully saturated rings. The molecule has 3 N–H and O–H groups in total. The third-order valence-electron chi connectivity index (χ3n) is 2.11. The van der Waals surface area contributed by atoms with E-state index in [2.05, 4.69) is 21.2 Å². The zero-order valence-electron chi connectivity index (χ0n) is 8.37. The van der Waals surface area contributed by atoms with Gasteiger partial charge in [0.25, 0.3) is 0 Å². The quantitative estimate of drug-likeness (QED) is 0.819. The Morgan fingerprint density at radius 1 is 1.06 bits per heavy atom. The average molecular weight is 281 g/mol. The molecule has 16 heavy (non-hydrogen) atoms. The molecular formula is C12H10BrFN2. The maximum Gasteiger partial charge on any atom is 0.148 e. The van der Waals surface area contributed by atoms with Gasteiger partial charge >= 0.3 is 0 Å². The molecule has 0 atom stereocenters. The Kier molecular flexibility index (Phi) is 3.10. The highest BCUT2D eigenvalue weighted by Crippen LogP contribution is 2.22. The molecular weight excluding hydrogens is 271 g/mol. The van der Waals surface area contributed by atoms with E-state index in [1.54, 1.807) is 6.07 Å². The molecule has 0 unspecified atom stereocenters. The molecule has 2 aromatic carbocycles. The lowest BCUT2D eigenvalue weighted by Gasteiger charge is -2.07. The first-order chi connectivity index (χ1) is 7.65. The molecule has 0 aromatic heterocycles. The van der Waals surface area contributed by atoms with Crippen molar-refractivity contribution in [2.75, 3.05) is 11.1 Å². The summed E-state index contributed by atoms with van der Waals surface area (Å²) in [5.41, 5.74) is 7.11. The van der Waals surface area contributed by atoms with E-state index < -0.39 is 5.82 Å². The van der Waals surface area contributed by atoms with E-state index in [9.17, 15) is 4.39 Å². The lowest BCUT2D eigenvalue weighted by Crippen LogP contribution is -1.94. The summed E-state index contributed by atoms with van der Waals surface area (Å²) in [6.45, 7) is 0. The number of nitrogens with two attached hydrogens (primary N) is 1. The number of nitrogens with one attached hydrogen (secondary N) is 1. The Labute approximate surface area is 101 Å². The van der Waals surface area contributed by atoms with Crippen molar-refractivity contribution >= 4 is 33.0 Å². The summed E-state index contributed by atoms with van der Waals surface area (Å²) in [5, 5.41) is 3.09. The Balaban J connectivity index is 2.24. The van der Waals surface area contributed by atoms with Crippen molar-refractivity contribution in [2.24, 2.45) is 0 Å². The second-order valence-electron chi connectivity index (χ2n) is 3.37. The van der Waals surface area contributed by atoms with Gasteiger partial charge in [0, 0.05) is 15.8 Å². The Hall–Kier alpha value is -1.55. The van der Waals surface area contributed by atoms with Crippen LogP contribution in [0.1, 0.15) is 0 Å². The molecule has 4 heteroatoms. The largest absolute Gasteiger partial charge is 0.396 e. The first kappa shape index (κ1) is 11.0. The van der Waals surface area contributed by atoms with Crippen LogP contribution in [0.25, 0.3) is 0 Å². The van der Waals surface area contributed by atoms with Crippen LogP contribution in [0.15, 0.2) is 46.9 Å². The van der Waals surface area contributed by atoms with Crippen molar-refractivity contribution in [1.82, 2.24) is 0 Å². The van der Waals surface area contributed by atoms with Crippen LogP contribution in [0.5, 0.6) is 0 Å². The fraction of sp³-hybridized carbons (Fsp3) is 0. The lowest BCUT2D eigenvalue weighted by atomic mass is 10.2. The third-order valence-corrected chi connectivity index (χ3v) is 2.61. The number of rotatable bonds is 2. The van der Waals surface area contributed by atoms with Crippen molar-refractivity contribution in [1.29, 1.82) is 0 Å². The van der Waals surface area contributed by atoms with Crippen molar-refractivity contribution < 1.29 is 4.39 Å². The van der Waals surface area contributed by atoms with Gasteiger partial charge in [-0.3, -0.25) is 0 Å². The van der Waals surface area contributed by atoms with Gasteiger partial charge in [-0.05, 0) is 36.4 Å². The van der Waals surface area contributed by atoms with Crippen LogP contribution >= 0.6 is 15.9 Å². The first-order valence-electron chi connectivity index (χ1n) is 4.73. The summed E-state index contributed by atoms with van der Waals surface area (Å²) in [6, 6.07) is 12.3. The molecule has 0 bridgehead atoms. The van der Waals surface area contributed by atoms with E-state index in [-0.39, 0.29) is 5.69 Å². The minimum atomic E-state index is -0.417. The number of benzene rings is 2. The van der Waals surface area contributed by atoms with E-state index in [0.29, 0.717) is 5.69 Å². The lowest BCUT2D eigenvalue weighted by molar-refractivity contribution is 0.633. The van der Waals surface area contributed by atoms with Crippen LogP contribution < -0.4 is 11.1 Å². The summed E-state index contributed by atoms with van der Waals surface area (Å²) in [6.07, 6.45) is 0. The number of halogens is 2. The molecule has 2 nitrogen and oxygen atoms in total. The molecule has 2 rings (SSSR count). The van der Waals surface area contributed by atoms with Crippen LogP contribution in [0.4, 0.5) is 21.5 Å². The number of hydrogen-bond acceptors (Lipinski definition) is 2. The predicted octanol–water partition coefficient (Wildman–Crippen LogP) is 3.91. The molecule has 0 radical (unpaired) electrons. The zero-order valence-corrected chi connectivity index (χ0v) is 9.96. The highest BCUT2D eigenvalue weighted by molar-refractivity contribution is 9.10. The molecule has 0 saturated heterocycles. The maximum absolute atomic E-state index is 13.2. The van der Waals surface area contributed by atoms with Gasteiger partial charge < -0.3 is 11.1 Å². The summed E-state index contributed by atoms with van der Waals surface area (Å²) >= 11 is 3.37. The molecule has 0 saturated carbocycles. The normalized spacial score (nSPS) is 10.1. The molecule has 0 heterocycles. The van der Waals surface area contributed by atoms with Crippen molar-refractivity contribution in [3.63, 3.8) is 0 Å². The smallest absolute Gasteiger partial charge is 0.148 e. The van der Waals surface area contributed by atoms with E-state index in [1.807, 2.05) is 24.3 Å². The fourth-order valence-corrected chi connectivity index (χ4v) is 1.74. The monoisotopic (exact) mass is 280 g/mol. The number of anilines is 3. The molecule has 2 aromatic rings. The van der Waals surface area contributed by atoms with E-state index in [4.69, 9.17) is 5.73 Å². The summed E-state index contributed by atoms with van der Waals surface area (Å²) in [7, 11) is 0. The second-order valence-corrected chi connectivity index (χ2v) is 4.29. The van der Waals surface area contributed by atoms with Gasteiger partial charge in [0.15, 0.2) is 0 Å². The second kappa shape index (κ2) is 4.53. The third kappa shape index (κ3) is 2.52. The minimum absolute atomic E-state index is 0.153. The molecule has 0 aliphatic rings. The Morgan fingerprint density at radius 3 is 2.50 bits per heavy atom. The van der Waals surface area contributed by atoms with Crippen LogP contribution in [0.2, 0.25) is 0 Å². The van der Waals surface area contributed by atoms with Crippen molar-refractivity contribution in [3.8, 4) is 0 Å². The molecule has 0 aliphatic carbocycles. The van der Waals surface area contributed by atoms with Gasteiger partial charge in [0.05, 0.1) is 5.69 Å². The van der Waals surface area contributed by atoms with Crippen molar-refractivity contribution in [3.05, 3.63) is 52.8 Å². The predicted molar refractivity (Wildman–Crippen MR) is 68.2 cm³/mol. The van der Waals surface area contributed by atoms with Gasteiger partial charge in [-0.2, -0.15) is 0 Å². The average Bonchev–Trinajstić information content (AvgIpc) is 2.24. The number of nitrogen functional groups attached to an aromatic ring is 1. The van der Waals surface area contributed by atoms with E-state index >= 15 is 0 Å². The van der Waals surface area contributed by atoms with Gasteiger partial charge in [-0.15, -0.1) is 0 Å². The fourth-order valence-electron chi connectivity index (χ4n) is 1.34. The SMILES string of the molecule is Nc1ccc(Nc2cccc(Br)c2)cc1F. The molecule has 82 valence electrons. The van der Waals surface area contributed by atoms with E-state index in [1.165, 1.54) is 12.1 Å². The van der Waals surface area contributed by atoms with Gasteiger partial charge in [0.2, 0.25) is 0 Å². The summed E-state index contributed by atoms with van der Waals surface area (Å²) in [4.78, 5) is 0. The van der Waals surface area contributed by atoms with Crippen LogP contribution in [-0.4, -0.2) is 0 Å². The van der Waals surface area contributed by atoms with E-state index in [0.717, 1.165) is 10.2 Å². The molecule has 0 aliphatic heterocycles. The van der Waals surface area contributed by atoms with Crippen LogP contribution in [0, 0.1) is 5.82 Å². The van der Waals surface area contributed by atoms with Gasteiger partial charge in [-0.25, -0.2) is 4.39 Å². The zero-order chi connectivity index (χ0) is 11.5. The highest BCUT2D eigenvalue weighted by Gasteiger charge is 2.00. The van der Waals surface area contributed by atoms with Crippen LogP contribution in [0.3, 0.4) is 0 Å². The maximum atomic E-state index is 13.2. The first-order valence-corrected chi connectivity index (χ1v) is 5.52.